The molecule has 27 heavy (non-hydrogen) atoms. The molecule has 4 nitrogen and oxygen atoms in total. The van der Waals surface area contributed by atoms with Gasteiger partial charge in [-0.05, 0) is 44.4 Å². The SMILES string of the molecule is CC(C)NC(=O)[C@H](C)N(CCc1ccccc1)C(=O)Cc1ccccc1Cl. The quantitative estimate of drug-likeness (QED) is 0.748. The molecule has 1 N–H and O–H groups in total. The van der Waals surface area contributed by atoms with Gasteiger partial charge < -0.3 is 10.2 Å². The molecular weight excluding hydrogens is 360 g/mol. The topological polar surface area (TPSA) is 49.4 Å². The Hall–Kier alpha value is -2.33. The first-order chi connectivity index (χ1) is 12.9. The minimum absolute atomic E-state index is 0.0228. The molecule has 5 heteroatoms. The molecule has 0 bridgehead atoms. The van der Waals surface area contributed by atoms with Gasteiger partial charge in [-0.25, -0.2) is 0 Å². The first-order valence-electron chi connectivity index (χ1n) is 9.25. The molecule has 2 rings (SSSR count). The van der Waals surface area contributed by atoms with E-state index in [2.05, 4.69) is 5.32 Å². The second kappa shape index (κ2) is 10.1. The van der Waals surface area contributed by atoms with Crippen LogP contribution in [0.1, 0.15) is 31.9 Å². The summed E-state index contributed by atoms with van der Waals surface area (Å²) >= 11 is 6.21. The Morgan fingerprint density at radius 2 is 1.63 bits per heavy atom. The van der Waals surface area contributed by atoms with Gasteiger partial charge in [0.05, 0.1) is 6.42 Å². The lowest BCUT2D eigenvalue weighted by Gasteiger charge is -2.29. The van der Waals surface area contributed by atoms with Crippen LogP contribution in [0.2, 0.25) is 5.02 Å². The number of rotatable bonds is 8. The first kappa shape index (κ1) is 21.0. The molecule has 0 heterocycles. The van der Waals surface area contributed by atoms with E-state index < -0.39 is 6.04 Å². The minimum Gasteiger partial charge on any atom is -0.352 e. The average molecular weight is 387 g/mol. The number of carbonyl (C=O) groups is 2. The van der Waals surface area contributed by atoms with Crippen LogP contribution in [0.3, 0.4) is 0 Å². The van der Waals surface area contributed by atoms with Gasteiger partial charge >= 0.3 is 0 Å². The van der Waals surface area contributed by atoms with Crippen molar-refractivity contribution >= 4 is 23.4 Å². The molecule has 2 amide bonds. The molecule has 144 valence electrons. The second-order valence-electron chi connectivity index (χ2n) is 6.93. The molecule has 1 atom stereocenters. The van der Waals surface area contributed by atoms with Gasteiger partial charge in [0.1, 0.15) is 6.04 Å². The first-order valence-corrected chi connectivity index (χ1v) is 9.63. The van der Waals surface area contributed by atoms with Crippen LogP contribution in [0.5, 0.6) is 0 Å². The van der Waals surface area contributed by atoms with Crippen molar-refractivity contribution in [3.63, 3.8) is 0 Å². The summed E-state index contributed by atoms with van der Waals surface area (Å²) in [5, 5.41) is 3.46. The number of amides is 2. The van der Waals surface area contributed by atoms with Gasteiger partial charge in [-0.15, -0.1) is 0 Å². The molecule has 0 spiro atoms. The maximum atomic E-state index is 13.0. The maximum Gasteiger partial charge on any atom is 0.242 e. The van der Waals surface area contributed by atoms with E-state index in [-0.39, 0.29) is 24.3 Å². The number of nitrogens with one attached hydrogen (secondary N) is 1. The molecule has 0 unspecified atom stereocenters. The van der Waals surface area contributed by atoms with Gasteiger partial charge in [0.2, 0.25) is 11.8 Å². The highest BCUT2D eigenvalue weighted by atomic mass is 35.5. The van der Waals surface area contributed by atoms with Gasteiger partial charge in [0.25, 0.3) is 0 Å². The van der Waals surface area contributed by atoms with Crippen molar-refractivity contribution in [3.8, 4) is 0 Å². The van der Waals surface area contributed by atoms with Crippen LogP contribution in [0, 0.1) is 0 Å². The summed E-state index contributed by atoms with van der Waals surface area (Å²) in [4.78, 5) is 27.2. The van der Waals surface area contributed by atoms with Gasteiger partial charge in [0, 0.05) is 17.6 Å². The third-order valence-electron chi connectivity index (χ3n) is 4.38. The molecular formula is C22H27ClN2O2. The summed E-state index contributed by atoms with van der Waals surface area (Å²) in [6.07, 6.45) is 0.863. The fourth-order valence-electron chi connectivity index (χ4n) is 2.88. The molecule has 0 aliphatic heterocycles. The number of halogens is 1. The third kappa shape index (κ3) is 6.40. The Morgan fingerprint density at radius 3 is 2.26 bits per heavy atom. The number of benzene rings is 2. The van der Waals surface area contributed by atoms with Crippen LogP contribution in [0.15, 0.2) is 54.6 Å². The summed E-state index contributed by atoms with van der Waals surface area (Å²) in [6, 6.07) is 16.7. The molecule has 2 aromatic carbocycles. The van der Waals surface area contributed by atoms with Crippen LogP contribution in [-0.4, -0.2) is 35.3 Å². The van der Waals surface area contributed by atoms with E-state index in [0.29, 0.717) is 18.0 Å². The number of hydrogen-bond donors (Lipinski definition) is 1. The average Bonchev–Trinajstić information content (AvgIpc) is 2.64. The fraction of sp³-hybridized carbons (Fsp3) is 0.364. The summed E-state index contributed by atoms with van der Waals surface area (Å²) in [5.74, 6) is -0.254. The largest absolute Gasteiger partial charge is 0.352 e. The standard InChI is InChI=1S/C22H27ClN2O2/c1-16(2)24-22(27)17(3)25(14-13-18-9-5-4-6-10-18)21(26)15-19-11-7-8-12-20(19)23/h4-12,16-17H,13-15H2,1-3H3,(H,24,27)/t17-/m0/s1. The van der Waals surface area contributed by atoms with Crippen molar-refractivity contribution in [3.05, 3.63) is 70.7 Å². The number of hydrogen-bond acceptors (Lipinski definition) is 2. The van der Waals surface area contributed by atoms with Crippen LogP contribution in [0.25, 0.3) is 0 Å². The van der Waals surface area contributed by atoms with Crippen molar-refractivity contribution in [1.82, 2.24) is 10.2 Å². The van der Waals surface area contributed by atoms with E-state index in [0.717, 1.165) is 11.1 Å². The molecule has 0 aliphatic rings. The van der Waals surface area contributed by atoms with Crippen molar-refractivity contribution in [2.75, 3.05) is 6.54 Å². The molecule has 0 fully saturated rings. The zero-order valence-electron chi connectivity index (χ0n) is 16.1. The lowest BCUT2D eigenvalue weighted by Crippen LogP contribution is -2.50. The Kier molecular flexibility index (Phi) is 7.86. The third-order valence-corrected chi connectivity index (χ3v) is 4.75. The van der Waals surface area contributed by atoms with Crippen molar-refractivity contribution < 1.29 is 9.59 Å². The number of nitrogens with zero attached hydrogens (tertiary/aromatic N) is 1. The van der Waals surface area contributed by atoms with E-state index in [1.165, 1.54) is 0 Å². The molecule has 0 saturated heterocycles. The number of carbonyl (C=O) groups excluding carboxylic acids is 2. The van der Waals surface area contributed by atoms with E-state index >= 15 is 0 Å². The Labute approximate surface area is 166 Å². The summed E-state index contributed by atoms with van der Waals surface area (Å²) in [6.45, 7) is 6.06. The monoisotopic (exact) mass is 386 g/mol. The molecule has 0 radical (unpaired) electrons. The summed E-state index contributed by atoms with van der Waals surface area (Å²) in [7, 11) is 0. The highest BCUT2D eigenvalue weighted by Crippen LogP contribution is 2.17. The van der Waals surface area contributed by atoms with E-state index in [9.17, 15) is 9.59 Å². The van der Waals surface area contributed by atoms with Gasteiger partial charge in [-0.1, -0.05) is 60.1 Å². The molecule has 0 aromatic heterocycles. The van der Waals surface area contributed by atoms with Crippen LogP contribution in [-0.2, 0) is 22.4 Å². The Morgan fingerprint density at radius 1 is 1.00 bits per heavy atom. The fourth-order valence-corrected chi connectivity index (χ4v) is 3.08. The van der Waals surface area contributed by atoms with Gasteiger partial charge in [0.15, 0.2) is 0 Å². The smallest absolute Gasteiger partial charge is 0.242 e. The predicted octanol–water partition coefficient (Wildman–Crippen LogP) is 3.87. The molecule has 0 aliphatic carbocycles. The second-order valence-corrected chi connectivity index (χ2v) is 7.34. The summed E-state index contributed by atoms with van der Waals surface area (Å²) < 4.78 is 0. The van der Waals surface area contributed by atoms with Crippen molar-refractivity contribution in [1.29, 1.82) is 0 Å². The van der Waals surface area contributed by atoms with E-state index in [1.54, 1.807) is 17.9 Å². The lowest BCUT2D eigenvalue weighted by molar-refractivity contribution is -0.139. The van der Waals surface area contributed by atoms with E-state index in [4.69, 9.17) is 11.6 Å². The highest BCUT2D eigenvalue weighted by Gasteiger charge is 2.26. The summed E-state index contributed by atoms with van der Waals surface area (Å²) in [5.41, 5.74) is 1.90. The zero-order chi connectivity index (χ0) is 19.8. The lowest BCUT2D eigenvalue weighted by atomic mass is 10.1. The Bertz CT molecular complexity index is 762. The van der Waals surface area contributed by atoms with Crippen molar-refractivity contribution in [2.45, 2.75) is 45.7 Å². The van der Waals surface area contributed by atoms with Crippen LogP contribution in [0.4, 0.5) is 0 Å². The van der Waals surface area contributed by atoms with Crippen LogP contribution < -0.4 is 5.32 Å². The van der Waals surface area contributed by atoms with Gasteiger partial charge in [-0.3, -0.25) is 9.59 Å². The van der Waals surface area contributed by atoms with Crippen molar-refractivity contribution in [2.24, 2.45) is 0 Å². The zero-order valence-corrected chi connectivity index (χ0v) is 16.9. The van der Waals surface area contributed by atoms with Gasteiger partial charge in [-0.2, -0.15) is 0 Å². The van der Waals surface area contributed by atoms with Crippen LogP contribution >= 0.6 is 11.6 Å². The minimum atomic E-state index is -0.550. The predicted molar refractivity (Wildman–Crippen MR) is 110 cm³/mol. The molecule has 0 saturated carbocycles. The van der Waals surface area contributed by atoms with E-state index in [1.807, 2.05) is 62.4 Å². The maximum absolute atomic E-state index is 13.0. The Balaban J connectivity index is 2.15. The normalized spacial score (nSPS) is 11.9. The molecule has 2 aromatic rings. The highest BCUT2D eigenvalue weighted by molar-refractivity contribution is 6.31.